The highest BCUT2D eigenvalue weighted by Gasteiger charge is 2.07. The predicted octanol–water partition coefficient (Wildman–Crippen LogP) is 4.01. The molecule has 0 spiro atoms. The minimum Gasteiger partial charge on any atom is -0.241 e. The van der Waals surface area contributed by atoms with Gasteiger partial charge in [-0.05, 0) is 18.6 Å². The number of aromatic nitrogens is 1. The van der Waals surface area contributed by atoms with Crippen LogP contribution in [0.2, 0.25) is 0 Å². The molecule has 0 saturated carbocycles. The minimum absolute atomic E-state index is 0.558. The summed E-state index contributed by atoms with van der Waals surface area (Å²) in [5.74, 6) is 0. The first-order valence-corrected chi connectivity index (χ1v) is 6.51. The van der Waals surface area contributed by atoms with Gasteiger partial charge in [0.1, 0.15) is 0 Å². The number of benzene rings is 1. The second kappa shape index (κ2) is 4.41. The first-order chi connectivity index (χ1) is 6.79. The fraction of sp³-hybridized carbons (Fsp3) is 0.364. The molecule has 1 nitrogen and oxygen atoms in total. The van der Waals surface area contributed by atoms with Crippen LogP contribution in [0.5, 0.6) is 0 Å². The van der Waals surface area contributed by atoms with Gasteiger partial charge in [-0.15, -0.1) is 11.3 Å². The molecule has 0 fully saturated rings. The molecule has 1 heterocycles. The lowest BCUT2D eigenvalue weighted by atomic mass is 10.2. The summed E-state index contributed by atoms with van der Waals surface area (Å²) in [5, 5.41) is 1.23. The third-order valence-electron chi connectivity index (χ3n) is 2.18. The molecule has 0 aliphatic rings. The fourth-order valence-electron chi connectivity index (χ4n) is 1.34. The van der Waals surface area contributed by atoms with Crippen LogP contribution in [0.4, 0.5) is 0 Å². The van der Waals surface area contributed by atoms with Crippen molar-refractivity contribution in [2.75, 3.05) is 0 Å². The van der Waals surface area contributed by atoms with Crippen LogP contribution < -0.4 is 0 Å². The van der Waals surface area contributed by atoms with Crippen molar-refractivity contribution in [1.82, 2.24) is 4.98 Å². The Kier molecular flexibility index (Phi) is 3.19. The van der Waals surface area contributed by atoms with E-state index in [0.717, 1.165) is 18.4 Å². The van der Waals surface area contributed by atoms with Crippen LogP contribution in [0.3, 0.4) is 0 Å². The predicted molar refractivity (Wildman–Crippen MR) is 66.3 cm³/mol. The van der Waals surface area contributed by atoms with Gasteiger partial charge in [0, 0.05) is 11.2 Å². The van der Waals surface area contributed by atoms with E-state index in [4.69, 9.17) is 0 Å². The van der Waals surface area contributed by atoms with E-state index >= 15 is 0 Å². The van der Waals surface area contributed by atoms with E-state index in [2.05, 4.69) is 46.0 Å². The number of nitrogens with zero attached hydrogens (tertiary/aromatic N) is 1. The van der Waals surface area contributed by atoms with E-state index in [1.807, 2.05) is 6.07 Å². The summed E-state index contributed by atoms with van der Waals surface area (Å²) >= 11 is 5.44. The number of halogens is 1. The van der Waals surface area contributed by atoms with E-state index in [-0.39, 0.29) is 0 Å². The van der Waals surface area contributed by atoms with Crippen molar-refractivity contribution in [3.63, 3.8) is 0 Å². The molecule has 1 unspecified atom stereocenters. The van der Waals surface area contributed by atoms with Gasteiger partial charge in [0.05, 0.1) is 15.2 Å². The third kappa shape index (κ3) is 2.15. The number of hydrogen-bond donors (Lipinski definition) is 0. The fourth-order valence-corrected chi connectivity index (χ4v) is 2.91. The summed E-state index contributed by atoms with van der Waals surface area (Å²) in [5.41, 5.74) is 1.13. The van der Waals surface area contributed by atoms with E-state index < -0.39 is 0 Å². The summed E-state index contributed by atoms with van der Waals surface area (Å²) in [4.78, 5) is 5.15. The normalized spacial score (nSPS) is 13.3. The van der Waals surface area contributed by atoms with Gasteiger partial charge in [0.25, 0.3) is 0 Å². The van der Waals surface area contributed by atoms with Gasteiger partial charge in [-0.3, -0.25) is 0 Å². The first-order valence-electron chi connectivity index (χ1n) is 4.78. The van der Waals surface area contributed by atoms with Crippen molar-refractivity contribution in [2.24, 2.45) is 0 Å². The Balaban J connectivity index is 2.27. The summed E-state index contributed by atoms with van der Waals surface area (Å²) < 4.78 is 1.29. The van der Waals surface area contributed by atoms with Gasteiger partial charge in [0.2, 0.25) is 0 Å². The number of para-hydroxylation sites is 1. The smallest absolute Gasteiger partial charge is 0.0949 e. The Labute approximate surface area is 96.3 Å². The molecule has 3 heteroatoms. The highest BCUT2D eigenvalue weighted by molar-refractivity contribution is 9.09. The highest BCUT2D eigenvalue weighted by Crippen LogP contribution is 2.24. The van der Waals surface area contributed by atoms with Crippen LogP contribution in [0.15, 0.2) is 24.3 Å². The van der Waals surface area contributed by atoms with Crippen LogP contribution in [0.1, 0.15) is 18.4 Å². The number of fused-ring (bicyclic) bond motifs is 1. The topological polar surface area (TPSA) is 12.9 Å². The monoisotopic (exact) mass is 269 g/mol. The molecule has 0 saturated heterocycles. The molecule has 0 aliphatic heterocycles. The lowest BCUT2D eigenvalue weighted by Crippen LogP contribution is -1.99. The molecular weight excluding hydrogens is 258 g/mol. The molecule has 74 valence electrons. The Morgan fingerprint density at radius 3 is 2.93 bits per heavy atom. The van der Waals surface area contributed by atoms with E-state index in [1.54, 1.807) is 11.3 Å². The van der Waals surface area contributed by atoms with Gasteiger partial charge in [-0.1, -0.05) is 35.0 Å². The maximum atomic E-state index is 4.59. The Bertz CT molecular complexity index is 391. The molecule has 1 atom stereocenters. The molecule has 14 heavy (non-hydrogen) atoms. The summed E-state index contributed by atoms with van der Waals surface area (Å²) in [6.07, 6.45) is 2.19. The Morgan fingerprint density at radius 1 is 1.43 bits per heavy atom. The zero-order valence-electron chi connectivity index (χ0n) is 8.03. The van der Waals surface area contributed by atoms with Crippen molar-refractivity contribution in [2.45, 2.75) is 24.6 Å². The zero-order valence-corrected chi connectivity index (χ0v) is 10.4. The number of hydrogen-bond acceptors (Lipinski definition) is 2. The van der Waals surface area contributed by atoms with Gasteiger partial charge >= 0.3 is 0 Å². The number of rotatable bonds is 3. The Hall–Kier alpha value is -0.410. The standard InChI is InChI=1S/C11H12BrNS/c1-2-8(12)7-11-13-9-5-3-4-6-10(9)14-11/h3-6,8H,2,7H2,1H3. The summed E-state index contributed by atoms with van der Waals surface area (Å²) in [6, 6.07) is 8.31. The molecule has 2 rings (SSSR count). The molecule has 0 radical (unpaired) electrons. The summed E-state index contributed by atoms with van der Waals surface area (Å²) in [7, 11) is 0. The van der Waals surface area contributed by atoms with Crippen molar-refractivity contribution < 1.29 is 0 Å². The van der Waals surface area contributed by atoms with Gasteiger partial charge in [-0.2, -0.15) is 0 Å². The molecule has 1 aromatic carbocycles. The molecule has 0 amide bonds. The van der Waals surface area contributed by atoms with E-state index in [0.29, 0.717) is 4.83 Å². The van der Waals surface area contributed by atoms with E-state index in [1.165, 1.54) is 9.71 Å². The maximum absolute atomic E-state index is 4.59. The lowest BCUT2D eigenvalue weighted by molar-refractivity contribution is 0.825. The molecule has 0 aliphatic carbocycles. The van der Waals surface area contributed by atoms with Crippen LogP contribution in [0, 0.1) is 0 Å². The lowest BCUT2D eigenvalue weighted by Gasteiger charge is -2.01. The first kappa shape index (κ1) is 10.1. The highest BCUT2D eigenvalue weighted by atomic mass is 79.9. The summed E-state index contributed by atoms with van der Waals surface area (Å²) in [6.45, 7) is 2.19. The molecule has 0 N–H and O–H groups in total. The van der Waals surface area contributed by atoms with Gasteiger partial charge in [0.15, 0.2) is 0 Å². The van der Waals surface area contributed by atoms with Gasteiger partial charge < -0.3 is 0 Å². The third-order valence-corrected chi connectivity index (χ3v) is 4.21. The van der Waals surface area contributed by atoms with Gasteiger partial charge in [-0.25, -0.2) is 4.98 Å². The zero-order chi connectivity index (χ0) is 9.97. The van der Waals surface area contributed by atoms with Crippen LogP contribution in [-0.2, 0) is 6.42 Å². The SMILES string of the molecule is CCC(Br)Cc1nc2ccccc2s1. The Morgan fingerprint density at radius 2 is 2.21 bits per heavy atom. The largest absolute Gasteiger partial charge is 0.241 e. The number of thiazole rings is 1. The second-order valence-electron chi connectivity index (χ2n) is 3.28. The van der Waals surface area contributed by atoms with Crippen LogP contribution in [-0.4, -0.2) is 9.81 Å². The van der Waals surface area contributed by atoms with Crippen LogP contribution >= 0.6 is 27.3 Å². The minimum atomic E-state index is 0.558. The van der Waals surface area contributed by atoms with Crippen molar-refractivity contribution in [3.8, 4) is 0 Å². The molecule has 0 bridgehead atoms. The molecule has 2 aromatic rings. The maximum Gasteiger partial charge on any atom is 0.0949 e. The van der Waals surface area contributed by atoms with E-state index in [9.17, 15) is 0 Å². The van der Waals surface area contributed by atoms with Crippen LogP contribution in [0.25, 0.3) is 10.2 Å². The second-order valence-corrected chi connectivity index (χ2v) is 5.70. The van der Waals surface area contributed by atoms with Crippen molar-refractivity contribution in [1.29, 1.82) is 0 Å². The van der Waals surface area contributed by atoms with Crippen molar-refractivity contribution >= 4 is 37.5 Å². The average molecular weight is 270 g/mol. The number of alkyl halides is 1. The average Bonchev–Trinajstić information content (AvgIpc) is 2.59. The van der Waals surface area contributed by atoms with Crippen molar-refractivity contribution in [3.05, 3.63) is 29.3 Å². The molecule has 1 aromatic heterocycles. The molecular formula is C11H12BrNS. The quantitative estimate of drug-likeness (QED) is 0.768.